The largest absolute Gasteiger partial charge is 0.376 e. The molecular weight excluding hydrogens is 290 g/mol. The van der Waals surface area contributed by atoms with E-state index in [2.05, 4.69) is 10.6 Å². The van der Waals surface area contributed by atoms with Crippen LogP contribution in [-0.2, 0) is 9.59 Å². The van der Waals surface area contributed by atoms with Crippen LogP contribution < -0.4 is 10.6 Å². The van der Waals surface area contributed by atoms with E-state index < -0.39 is 0 Å². The molecule has 1 heterocycles. The quantitative estimate of drug-likeness (QED) is 0.846. The van der Waals surface area contributed by atoms with Crippen LogP contribution in [0.5, 0.6) is 0 Å². The van der Waals surface area contributed by atoms with Crippen molar-refractivity contribution in [3.63, 3.8) is 0 Å². The Bertz CT molecular complexity index is 506. The van der Waals surface area contributed by atoms with Crippen LogP contribution in [-0.4, -0.2) is 36.3 Å². The summed E-state index contributed by atoms with van der Waals surface area (Å²) in [6, 6.07) is 7.48. The van der Waals surface area contributed by atoms with E-state index in [-0.39, 0.29) is 11.8 Å². The van der Waals surface area contributed by atoms with Gasteiger partial charge in [0.1, 0.15) is 0 Å². The molecule has 1 aliphatic rings. The smallest absolute Gasteiger partial charge is 0.241 e. The highest BCUT2D eigenvalue weighted by Crippen LogP contribution is 2.14. The molecule has 2 rings (SSSR count). The Morgan fingerprint density at radius 1 is 1.00 bits per heavy atom. The van der Waals surface area contributed by atoms with Crippen LogP contribution in [0.4, 0.5) is 11.4 Å². The van der Waals surface area contributed by atoms with Gasteiger partial charge in [0.25, 0.3) is 0 Å². The topological polar surface area (TPSA) is 61.4 Å². The molecule has 1 aromatic rings. The maximum atomic E-state index is 12.2. The molecule has 2 amide bonds. The number of benzene rings is 1. The minimum atomic E-state index is 0.0320. The molecule has 0 saturated carbocycles. The second-order valence-electron chi connectivity index (χ2n) is 6.02. The van der Waals surface area contributed by atoms with Crippen LogP contribution in [0.3, 0.4) is 0 Å². The summed E-state index contributed by atoms with van der Waals surface area (Å²) in [5, 5.41) is 6.02. The fraction of sp³-hybridized carbons (Fsp3) is 0.556. The Morgan fingerprint density at radius 2 is 1.61 bits per heavy atom. The van der Waals surface area contributed by atoms with Crippen LogP contribution >= 0.6 is 0 Å². The standard InChI is InChI=1S/C18H27N3O2/c1-2-7-17(22)20-16-10-8-15(9-11-16)19-14-18(23)21-12-5-3-4-6-13-21/h8-11,19H,2-7,12-14H2,1H3,(H,20,22). The fourth-order valence-electron chi connectivity index (χ4n) is 2.73. The van der Waals surface area contributed by atoms with Gasteiger partial charge in [-0.25, -0.2) is 0 Å². The van der Waals surface area contributed by atoms with Gasteiger partial charge in [-0.15, -0.1) is 0 Å². The van der Waals surface area contributed by atoms with Crippen molar-refractivity contribution in [1.29, 1.82) is 0 Å². The highest BCUT2D eigenvalue weighted by Gasteiger charge is 2.14. The summed E-state index contributed by atoms with van der Waals surface area (Å²) in [5.41, 5.74) is 1.68. The number of nitrogens with one attached hydrogen (secondary N) is 2. The van der Waals surface area contributed by atoms with Gasteiger partial charge in [-0.2, -0.15) is 0 Å². The third-order valence-electron chi connectivity index (χ3n) is 4.05. The minimum Gasteiger partial charge on any atom is -0.376 e. The van der Waals surface area contributed by atoms with Crippen molar-refractivity contribution in [2.45, 2.75) is 45.4 Å². The van der Waals surface area contributed by atoms with Crippen molar-refractivity contribution >= 4 is 23.2 Å². The number of carbonyl (C=O) groups excluding carboxylic acids is 2. The monoisotopic (exact) mass is 317 g/mol. The van der Waals surface area contributed by atoms with Gasteiger partial charge < -0.3 is 15.5 Å². The first kappa shape index (κ1) is 17.3. The zero-order valence-corrected chi connectivity index (χ0v) is 13.9. The van der Waals surface area contributed by atoms with Crippen molar-refractivity contribution in [3.8, 4) is 0 Å². The van der Waals surface area contributed by atoms with Gasteiger partial charge in [-0.05, 0) is 43.5 Å². The van der Waals surface area contributed by atoms with Gasteiger partial charge in [0.2, 0.25) is 11.8 Å². The Labute approximate surface area is 138 Å². The zero-order chi connectivity index (χ0) is 16.5. The average Bonchev–Trinajstić information content (AvgIpc) is 2.83. The first-order chi connectivity index (χ1) is 11.2. The second-order valence-corrected chi connectivity index (χ2v) is 6.02. The molecule has 0 aliphatic carbocycles. The SMILES string of the molecule is CCCC(=O)Nc1ccc(NCC(=O)N2CCCCCC2)cc1. The summed E-state index contributed by atoms with van der Waals surface area (Å²) in [7, 11) is 0. The lowest BCUT2D eigenvalue weighted by atomic mass is 10.2. The molecule has 0 aromatic heterocycles. The van der Waals surface area contributed by atoms with Crippen molar-refractivity contribution in [2.24, 2.45) is 0 Å². The summed E-state index contributed by atoms with van der Waals surface area (Å²) in [6.45, 7) is 4.06. The van der Waals surface area contributed by atoms with Crippen LogP contribution in [0.2, 0.25) is 0 Å². The molecule has 0 unspecified atom stereocenters. The predicted molar refractivity (Wildman–Crippen MR) is 93.5 cm³/mol. The molecule has 23 heavy (non-hydrogen) atoms. The molecular formula is C18H27N3O2. The molecule has 1 aliphatic heterocycles. The van der Waals surface area contributed by atoms with Crippen molar-refractivity contribution in [1.82, 2.24) is 4.90 Å². The third kappa shape index (κ3) is 5.93. The van der Waals surface area contributed by atoms with Gasteiger partial charge in [-0.3, -0.25) is 9.59 Å². The van der Waals surface area contributed by atoms with Gasteiger partial charge in [0.15, 0.2) is 0 Å². The number of anilines is 2. The van der Waals surface area contributed by atoms with E-state index in [0.717, 1.165) is 43.7 Å². The van der Waals surface area contributed by atoms with Crippen LogP contribution in [0.1, 0.15) is 45.4 Å². The minimum absolute atomic E-state index is 0.0320. The molecule has 0 bridgehead atoms. The number of amides is 2. The number of nitrogens with zero attached hydrogens (tertiary/aromatic N) is 1. The molecule has 2 N–H and O–H groups in total. The van der Waals surface area contributed by atoms with E-state index in [9.17, 15) is 9.59 Å². The highest BCUT2D eigenvalue weighted by atomic mass is 16.2. The average molecular weight is 317 g/mol. The maximum Gasteiger partial charge on any atom is 0.241 e. The van der Waals surface area contributed by atoms with Crippen molar-refractivity contribution in [2.75, 3.05) is 30.3 Å². The second kappa shape index (κ2) is 9.18. The third-order valence-corrected chi connectivity index (χ3v) is 4.05. The molecule has 1 fully saturated rings. The van der Waals surface area contributed by atoms with Crippen LogP contribution in [0.15, 0.2) is 24.3 Å². The normalized spacial score (nSPS) is 14.9. The molecule has 1 aromatic carbocycles. The highest BCUT2D eigenvalue weighted by molar-refractivity contribution is 5.90. The van der Waals surface area contributed by atoms with E-state index in [1.165, 1.54) is 12.8 Å². The van der Waals surface area contributed by atoms with Gasteiger partial charge in [-0.1, -0.05) is 19.8 Å². The van der Waals surface area contributed by atoms with Gasteiger partial charge in [0, 0.05) is 30.9 Å². The summed E-state index contributed by atoms with van der Waals surface area (Å²) in [5.74, 6) is 0.191. The van der Waals surface area contributed by atoms with Gasteiger partial charge in [0.05, 0.1) is 6.54 Å². The number of carbonyl (C=O) groups is 2. The summed E-state index contributed by atoms with van der Waals surface area (Å²) >= 11 is 0. The van der Waals surface area contributed by atoms with E-state index >= 15 is 0 Å². The number of likely N-dealkylation sites (tertiary alicyclic amines) is 1. The molecule has 126 valence electrons. The lowest BCUT2D eigenvalue weighted by Crippen LogP contribution is -2.36. The lowest BCUT2D eigenvalue weighted by molar-refractivity contribution is -0.129. The van der Waals surface area contributed by atoms with Gasteiger partial charge >= 0.3 is 0 Å². The fourth-order valence-corrected chi connectivity index (χ4v) is 2.73. The van der Waals surface area contributed by atoms with Crippen LogP contribution in [0.25, 0.3) is 0 Å². The van der Waals surface area contributed by atoms with E-state index in [0.29, 0.717) is 13.0 Å². The molecule has 5 heteroatoms. The van der Waals surface area contributed by atoms with E-state index in [1.54, 1.807) is 0 Å². The lowest BCUT2D eigenvalue weighted by Gasteiger charge is -2.20. The molecule has 0 atom stereocenters. The first-order valence-electron chi connectivity index (χ1n) is 8.60. The molecule has 5 nitrogen and oxygen atoms in total. The van der Waals surface area contributed by atoms with E-state index in [1.807, 2.05) is 36.1 Å². The maximum absolute atomic E-state index is 12.2. The van der Waals surface area contributed by atoms with Crippen LogP contribution in [0, 0.1) is 0 Å². The molecule has 0 radical (unpaired) electrons. The first-order valence-corrected chi connectivity index (χ1v) is 8.60. The number of hydrogen-bond acceptors (Lipinski definition) is 3. The predicted octanol–water partition coefficient (Wildman–Crippen LogP) is 3.24. The number of hydrogen-bond donors (Lipinski definition) is 2. The summed E-state index contributed by atoms with van der Waals surface area (Å²) in [4.78, 5) is 25.7. The Balaban J connectivity index is 1.79. The summed E-state index contributed by atoms with van der Waals surface area (Å²) < 4.78 is 0. The number of rotatable bonds is 6. The zero-order valence-electron chi connectivity index (χ0n) is 13.9. The van der Waals surface area contributed by atoms with Crippen molar-refractivity contribution < 1.29 is 9.59 Å². The van der Waals surface area contributed by atoms with Crippen molar-refractivity contribution in [3.05, 3.63) is 24.3 Å². The van der Waals surface area contributed by atoms with E-state index in [4.69, 9.17) is 0 Å². The molecule has 1 saturated heterocycles. The Morgan fingerprint density at radius 3 is 2.22 bits per heavy atom. The Kier molecular flexibility index (Phi) is 6.91. The Hall–Kier alpha value is -2.04. The molecule has 0 spiro atoms. The summed E-state index contributed by atoms with van der Waals surface area (Å²) in [6.07, 6.45) is 6.04.